The Balaban J connectivity index is 1.62. The number of rotatable bonds is 4. The Kier molecular flexibility index (Phi) is 4.25. The van der Waals surface area contributed by atoms with Crippen molar-refractivity contribution in [2.75, 3.05) is 0 Å². The molecule has 4 rings (SSSR count). The van der Waals surface area contributed by atoms with Crippen molar-refractivity contribution < 1.29 is 0 Å². The minimum absolute atomic E-state index is 0.760. The summed E-state index contributed by atoms with van der Waals surface area (Å²) in [7, 11) is 0. The Hall–Kier alpha value is -2.64. The van der Waals surface area contributed by atoms with E-state index in [4.69, 9.17) is 5.32 Å². The van der Waals surface area contributed by atoms with Crippen LogP contribution in [0.4, 0.5) is 0 Å². The van der Waals surface area contributed by atoms with Crippen LogP contribution in [-0.2, 0) is 13.1 Å². The number of benzene rings is 4. The van der Waals surface area contributed by atoms with Gasteiger partial charge in [0.1, 0.15) is 0 Å². The molecule has 4 aromatic rings. The maximum absolute atomic E-state index is 4.93. The van der Waals surface area contributed by atoms with Crippen molar-refractivity contribution >= 4 is 21.5 Å². The minimum Gasteiger partial charge on any atom is -0.232 e. The quantitative estimate of drug-likeness (QED) is 0.443. The molecule has 0 spiro atoms. The van der Waals surface area contributed by atoms with Gasteiger partial charge >= 0.3 is 0 Å². The fourth-order valence-electron chi connectivity index (χ4n) is 3.59. The third-order valence-electron chi connectivity index (χ3n) is 5.09. The number of nitrogens with zero attached hydrogens (tertiary/aromatic N) is 1. The van der Waals surface area contributed by atoms with E-state index >= 15 is 0 Å². The highest BCUT2D eigenvalue weighted by atomic mass is 14.8. The van der Waals surface area contributed by atoms with Crippen molar-refractivity contribution in [1.82, 2.24) is 5.32 Å². The molecule has 0 aliphatic carbocycles. The zero-order valence-electron chi connectivity index (χ0n) is 14.8. The molecule has 0 aliphatic heterocycles. The molecule has 0 saturated carbocycles. The summed E-state index contributed by atoms with van der Waals surface area (Å²) < 4.78 is 0. The molecule has 123 valence electrons. The lowest BCUT2D eigenvalue weighted by atomic mass is 9.98. The second-order valence-corrected chi connectivity index (χ2v) is 6.70. The average molecular weight is 324 g/mol. The van der Waals surface area contributed by atoms with Gasteiger partial charge in [-0.2, -0.15) is 0 Å². The maximum atomic E-state index is 4.93. The largest absolute Gasteiger partial charge is 0.232 e. The topological polar surface area (TPSA) is 14.1 Å². The first kappa shape index (κ1) is 15.9. The molecule has 0 amide bonds. The Morgan fingerprint density at radius 3 is 1.48 bits per heavy atom. The number of hydrogen-bond acceptors (Lipinski definition) is 0. The van der Waals surface area contributed by atoms with Gasteiger partial charge in [-0.25, -0.2) is 5.32 Å². The van der Waals surface area contributed by atoms with Gasteiger partial charge in [0.25, 0.3) is 0 Å². The molecule has 0 saturated heterocycles. The van der Waals surface area contributed by atoms with E-state index in [1.54, 1.807) is 0 Å². The molecular weight excluding hydrogens is 302 g/mol. The van der Waals surface area contributed by atoms with Crippen molar-refractivity contribution in [2.24, 2.45) is 0 Å². The molecule has 0 fully saturated rings. The molecule has 0 aliphatic rings. The number of fused-ring (bicyclic) bond motifs is 2. The minimum atomic E-state index is 0.760. The monoisotopic (exact) mass is 324 g/mol. The van der Waals surface area contributed by atoms with Gasteiger partial charge in [-0.3, -0.25) is 0 Å². The summed E-state index contributed by atoms with van der Waals surface area (Å²) in [5.41, 5.74) is 5.32. The molecule has 0 atom stereocenters. The molecular formula is C24H22N. The molecule has 1 heteroatoms. The van der Waals surface area contributed by atoms with Crippen LogP contribution in [0.5, 0.6) is 0 Å². The van der Waals surface area contributed by atoms with Gasteiger partial charge in [0.15, 0.2) is 0 Å². The molecule has 0 bridgehead atoms. The molecule has 0 heterocycles. The molecule has 0 aromatic heterocycles. The van der Waals surface area contributed by atoms with E-state index in [2.05, 4.69) is 86.6 Å². The van der Waals surface area contributed by atoms with Crippen molar-refractivity contribution in [3.05, 3.63) is 95.1 Å². The Morgan fingerprint density at radius 1 is 0.560 bits per heavy atom. The van der Waals surface area contributed by atoms with Gasteiger partial charge in [0.05, 0.1) is 0 Å². The molecule has 0 N–H and O–H groups in total. The summed E-state index contributed by atoms with van der Waals surface area (Å²) in [6, 6.07) is 26.0. The van der Waals surface area contributed by atoms with Crippen LogP contribution < -0.4 is 5.32 Å². The van der Waals surface area contributed by atoms with Crippen LogP contribution in [0.2, 0.25) is 0 Å². The Labute approximate surface area is 149 Å². The van der Waals surface area contributed by atoms with E-state index in [1.807, 2.05) is 0 Å². The third kappa shape index (κ3) is 3.04. The van der Waals surface area contributed by atoms with Gasteiger partial charge in [-0.15, -0.1) is 0 Å². The van der Waals surface area contributed by atoms with Gasteiger partial charge in [-0.05, 0) is 57.6 Å². The summed E-state index contributed by atoms with van der Waals surface area (Å²) in [5, 5.41) is 10.2. The fraction of sp³-hybridized carbons (Fsp3) is 0.167. The first-order chi connectivity index (χ1) is 12.2. The van der Waals surface area contributed by atoms with Gasteiger partial charge < -0.3 is 0 Å². The number of aryl methyl sites for hydroxylation is 2. The second-order valence-electron chi connectivity index (χ2n) is 6.70. The molecule has 4 aromatic carbocycles. The van der Waals surface area contributed by atoms with Gasteiger partial charge in [0, 0.05) is 13.1 Å². The van der Waals surface area contributed by atoms with Crippen molar-refractivity contribution in [3.8, 4) is 0 Å². The predicted octanol–water partition coefficient (Wildman–Crippen LogP) is 5.91. The van der Waals surface area contributed by atoms with Crippen molar-refractivity contribution in [2.45, 2.75) is 26.9 Å². The SMILES string of the molecule is Cc1ccc2ccccc2c1C[N]Cc1c(C)ccc2ccccc12. The van der Waals surface area contributed by atoms with Crippen LogP contribution in [0.25, 0.3) is 21.5 Å². The molecule has 25 heavy (non-hydrogen) atoms. The van der Waals surface area contributed by atoms with Crippen molar-refractivity contribution in [1.29, 1.82) is 0 Å². The fourth-order valence-corrected chi connectivity index (χ4v) is 3.59. The van der Waals surface area contributed by atoms with Crippen LogP contribution in [-0.4, -0.2) is 0 Å². The normalized spacial score (nSPS) is 11.3. The second kappa shape index (κ2) is 6.70. The van der Waals surface area contributed by atoms with E-state index < -0.39 is 0 Å². The van der Waals surface area contributed by atoms with E-state index in [-0.39, 0.29) is 0 Å². The van der Waals surface area contributed by atoms with Crippen LogP contribution in [0.1, 0.15) is 22.3 Å². The summed E-state index contributed by atoms with van der Waals surface area (Å²) in [6.07, 6.45) is 0. The van der Waals surface area contributed by atoms with Gasteiger partial charge in [-0.1, -0.05) is 72.8 Å². The summed E-state index contributed by atoms with van der Waals surface area (Å²) >= 11 is 0. The van der Waals surface area contributed by atoms with E-state index in [1.165, 1.54) is 43.8 Å². The highest BCUT2D eigenvalue weighted by molar-refractivity contribution is 5.87. The molecule has 1 radical (unpaired) electrons. The maximum Gasteiger partial charge on any atom is 0.0396 e. The zero-order valence-corrected chi connectivity index (χ0v) is 14.8. The summed E-state index contributed by atoms with van der Waals surface area (Å²) in [5.74, 6) is 0. The first-order valence-corrected chi connectivity index (χ1v) is 8.82. The van der Waals surface area contributed by atoms with E-state index in [9.17, 15) is 0 Å². The van der Waals surface area contributed by atoms with Crippen LogP contribution >= 0.6 is 0 Å². The molecule has 0 unspecified atom stereocenters. The van der Waals surface area contributed by atoms with Crippen LogP contribution in [0.15, 0.2) is 72.8 Å². The highest BCUT2D eigenvalue weighted by Gasteiger charge is 2.08. The third-order valence-corrected chi connectivity index (χ3v) is 5.09. The number of hydrogen-bond donors (Lipinski definition) is 0. The van der Waals surface area contributed by atoms with Crippen LogP contribution in [0.3, 0.4) is 0 Å². The van der Waals surface area contributed by atoms with Crippen LogP contribution in [0, 0.1) is 13.8 Å². The van der Waals surface area contributed by atoms with E-state index in [0.717, 1.165) is 13.1 Å². The zero-order chi connectivity index (χ0) is 17.2. The summed E-state index contributed by atoms with van der Waals surface area (Å²) in [4.78, 5) is 0. The first-order valence-electron chi connectivity index (χ1n) is 8.82. The Morgan fingerprint density at radius 2 is 1.00 bits per heavy atom. The lowest BCUT2D eigenvalue weighted by Gasteiger charge is -2.13. The van der Waals surface area contributed by atoms with E-state index in [0.29, 0.717) is 0 Å². The standard InChI is InChI=1S/C24H22N/c1-17-11-13-19-7-3-5-9-21(19)23(17)15-25-16-24-18(2)12-14-20-8-4-6-10-22(20)24/h3-14H,15-16H2,1-2H3. The smallest absolute Gasteiger partial charge is 0.0396 e. The Bertz CT molecular complexity index is 961. The lowest BCUT2D eigenvalue weighted by Crippen LogP contribution is -2.08. The average Bonchev–Trinajstić information content (AvgIpc) is 2.65. The van der Waals surface area contributed by atoms with Crippen molar-refractivity contribution in [3.63, 3.8) is 0 Å². The molecule has 1 nitrogen and oxygen atoms in total. The summed E-state index contributed by atoms with van der Waals surface area (Å²) in [6.45, 7) is 5.88. The highest BCUT2D eigenvalue weighted by Crippen LogP contribution is 2.24. The van der Waals surface area contributed by atoms with Gasteiger partial charge in [0.2, 0.25) is 0 Å². The predicted molar refractivity (Wildman–Crippen MR) is 107 cm³/mol. The lowest BCUT2D eigenvalue weighted by molar-refractivity contribution is 0.678.